The van der Waals surface area contributed by atoms with Crippen molar-refractivity contribution in [1.29, 1.82) is 0 Å². The molecule has 0 aromatic heterocycles. The highest BCUT2D eigenvalue weighted by Gasteiger charge is 2.27. The van der Waals surface area contributed by atoms with Crippen LogP contribution in [0.5, 0.6) is 0 Å². The summed E-state index contributed by atoms with van der Waals surface area (Å²) in [5, 5.41) is 8.97. The maximum Gasteiger partial charge on any atom is 0.305 e. The Bertz CT molecular complexity index is 380. The highest BCUT2D eigenvalue weighted by molar-refractivity contribution is 5.68. The first-order chi connectivity index (χ1) is 8.16. The second kappa shape index (κ2) is 5.19. The van der Waals surface area contributed by atoms with Gasteiger partial charge in [0.15, 0.2) is 0 Å². The van der Waals surface area contributed by atoms with Crippen molar-refractivity contribution in [2.75, 3.05) is 31.6 Å². The van der Waals surface area contributed by atoms with Crippen molar-refractivity contribution >= 4 is 11.7 Å². The number of carbonyl (C=O) groups is 1. The molecule has 0 amide bonds. The van der Waals surface area contributed by atoms with E-state index in [1.807, 2.05) is 37.4 Å². The van der Waals surface area contributed by atoms with Crippen LogP contribution < -0.4 is 4.90 Å². The standard InChI is InChI=1S/C13H18N2O2/c1-14-7-8-15(11-5-3-2-4-6-11)12(10-14)9-13(16)17/h2-6,12H,7-10H2,1H3,(H,16,17). The third-order valence-electron chi connectivity index (χ3n) is 3.18. The topological polar surface area (TPSA) is 43.8 Å². The van der Waals surface area contributed by atoms with Gasteiger partial charge in [0.1, 0.15) is 0 Å². The minimum atomic E-state index is -0.730. The number of aliphatic carboxylic acids is 1. The van der Waals surface area contributed by atoms with E-state index in [9.17, 15) is 4.79 Å². The summed E-state index contributed by atoms with van der Waals surface area (Å²) in [5.74, 6) is -0.730. The van der Waals surface area contributed by atoms with E-state index in [0.717, 1.165) is 25.3 Å². The first-order valence-electron chi connectivity index (χ1n) is 5.89. The average Bonchev–Trinajstić information content (AvgIpc) is 2.29. The van der Waals surface area contributed by atoms with Gasteiger partial charge in [0.25, 0.3) is 0 Å². The predicted octanol–water partition coefficient (Wildman–Crippen LogP) is 1.28. The molecule has 1 saturated heterocycles. The van der Waals surface area contributed by atoms with Gasteiger partial charge in [-0.15, -0.1) is 0 Å². The van der Waals surface area contributed by atoms with Crippen molar-refractivity contribution in [2.45, 2.75) is 12.5 Å². The zero-order chi connectivity index (χ0) is 12.3. The van der Waals surface area contributed by atoms with Crippen LogP contribution >= 0.6 is 0 Å². The van der Waals surface area contributed by atoms with E-state index in [2.05, 4.69) is 9.80 Å². The van der Waals surface area contributed by atoms with Crippen LogP contribution in [-0.2, 0) is 4.79 Å². The van der Waals surface area contributed by atoms with Crippen LogP contribution in [-0.4, -0.2) is 48.7 Å². The molecule has 1 atom stereocenters. The van der Waals surface area contributed by atoms with Gasteiger partial charge < -0.3 is 14.9 Å². The van der Waals surface area contributed by atoms with Gasteiger partial charge in [0.05, 0.1) is 12.5 Å². The van der Waals surface area contributed by atoms with E-state index in [1.54, 1.807) is 0 Å². The number of piperazine rings is 1. The van der Waals surface area contributed by atoms with Gasteiger partial charge in [0.2, 0.25) is 0 Å². The molecule has 4 heteroatoms. The highest BCUT2D eigenvalue weighted by Crippen LogP contribution is 2.21. The van der Waals surface area contributed by atoms with Crippen LogP contribution in [0, 0.1) is 0 Å². The Morgan fingerprint density at radius 3 is 2.71 bits per heavy atom. The Morgan fingerprint density at radius 1 is 1.35 bits per heavy atom. The van der Waals surface area contributed by atoms with E-state index >= 15 is 0 Å². The number of hydrogen-bond donors (Lipinski definition) is 1. The van der Waals surface area contributed by atoms with Gasteiger partial charge >= 0.3 is 5.97 Å². The van der Waals surface area contributed by atoms with Crippen LogP contribution in [0.3, 0.4) is 0 Å². The second-order valence-electron chi connectivity index (χ2n) is 4.54. The zero-order valence-electron chi connectivity index (χ0n) is 10.0. The molecule has 1 aromatic rings. The fraction of sp³-hybridized carbons (Fsp3) is 0.462. The molecule has 2 rings (SSSR count). The van der Waals surface area contributed by atoms with Crippen LogP contribution in [0.2, 0.25) is 0 Å². The Hall–Kier alpha value is -1.55. The number of anilines is 1. The van der Waals surface area contributed by atoms with Gasteiger partial charge in [-0.2, -0.15) is 0 Å². The smallest absolute Gasteiger partial charge is 0.305 e. The summed E-state index contributed by atoms with van der Waals surface area (Å²) >= 11 is 0. The van der Waals surface area contributed by atoms with Gasteiger partial charge in [-0.3, -0.25) is 4.79 Å². The molecule has 1 heterocycles. The fourth-order valence-electron chi connectivity index (χ4n) is 2.35. The average molecular weight is 234 g/mol. The molecule has 0 aliphatic carbocycles. The normalized spacial score (nSPS) is 21.5. The summed E-state index contributed by atoms with van der Waals surface area (Å²) in [6, 6.07) is 10.1. The minimum absolute atomic E-state index is 0.0636. The number of rotatable bonds is 3. The van der Waals surface area contributed by atoms with Gasteiger partial charge in [0, 0.05) is 25.3 Å². The first-order valence-corrected chi connectivity index (χ1v) is 5.89. The Labute approximate surface area is 101 Å². The lowest BCUT2D eigenvalue weighted by molar-refractivity contribution is -0.137. The number of para-hydroxylation sites is 1. The van der Waals surface area contributed by atoms with Crippen molar-refractivity contribution in [1.82, 2.24) is 4.90 Å². The molecule has 1 fully saturated rings. The van der Waals surface area contributed by atoms with E-state index in [1.165, 1.54) is 0 Å². The van der Waals surface area contributed by atoms with Crippen LogP contribution in [0.1, 0.15) is 6.42 Å². The second-order valence-corrected chi connectivity index (χ2v) is 4.54. The number of likely N-dealkylation sites (N-methyl/N-ethyl adjacent to an activating group) is 1. The Balaban J connectivity index is 2.15. The van der Waals surface area contributed by atoms with E-state index in [4.69, 9.17) is 5.11 Å². The van der Waals surface area contributed by atoms with Crippen molar-refractivity contribution in [3.8, 4) is 0 Å². The quantitative estimate of drug-likeness (QED) is 0.855. The Morgan fingerprint density at radius 2 is 2.06 bits per heavy atom. The summed E-state index contributed by atoms with van der Waals surface area (Å²) in [5.41, 5.74) is 1.12. The Kier molecular flexibility index (Phi) is 3.64. The zero-order valence-corrected chi connectivity index (χ0v) is 10.0. The van der Waals surface area contributed by atoms with Crippen molar-refractivity contribution < 1.29 is 9.90 Å². The van der Waals surface area contributed by atoms with Crippen molar-refractivity contribution in [3.63, 3.8) is 0 Å². The highest BCUT2D eigenvalue weighted by atomic mass is 16.4. The molecule has 1 aromatic carbocycles. The third kappa shape index (κ3) is 2.97. The molecule has 1 N–H and O–H groups in total. The van der Waals surface area contributed by atoms with Crippen LogP contribution in [0.4, 0.5) is 5.69 Å². The fourth-order valence-corrected chi connectivity index (χ4v) is 2.35. The minimum Gasteiger partial charge on any atom is -0.481 e. The lowest BCUT2D eigenvalue weighted by Gasteiger charge is -2.41. The van der Waals surface area contributed by atoms with Crippen LogP contribution in [0.15, 0.2) is 30.3 Å². The summed E-state index contributed by atoms with van der Waals surface area (Å²) < 4.78 is 0. The molecule has 0 saturated carbocycles. The van der Waals surface area contributed by atoms with Gasteiger partial charge in [-0.25, -0.2) is 0 Å². The summed E-state index contributed by atoms with van der Waals surface area (Å²) in [6.07, 6.45) is 0.194. The largest absolute Gasteiger partial charge is 0.481 e. The molecule has 0 radical (unpaired) electrons. The van der Waals surface area contributed by atoms with E-state index in [0.29, 0.717) is 0 Å². The first kappa shape index (κ1) is 11.9. The monoisotopic (exact) mass is 234 g/mol. The lowest BCUT2D eigenvalue weighted by Crippen LogP contribution is -2.52. The van der Waals surface area contributed by atoms with E-state index < -0.39 is 5.97 Å². The lowest BCUT2D eigenvalue weighted by atomic mass is 10.1. The maximum absolute atomic E-state index is 10.9. The molecule has 0 spiro atoms. The van der Waals surface area contributed by atoms with Gasteiger partial charge in [-0.1, -0.05) is 18.2 Å². The maximum atomic E-state index is 10.9. The summed E-state index contributed by atoms with van der Waals surface area (Å²) in [7, 11) is 2.04. The number of nitrogens with zero attached hydrogens (tertiary/aromatic N) is 2. The van der Waals surface area contributed by atoms with Crippen molar-refractivity contribution in [3.05, 3.63) is 30.3 Å². The molecule has 1 aliphatic rings. The number of carboxylic acid groups (broad SMARTS) is 1. The van der Waals surface area contributed by atoms with Gasteiger partial charge in [-0.05, 0) is 19.2 Å². The third-order valence-corrected chi connectivity index (χ3v) is 3.18. The van der Waals surface area contributed by atoms with Crippen molar-refractivity contribution in [2.24, 2.45) is 0 Å². The molecule has 4 nitrogen and oxygen atoms in total. The number of hydrogen-bond acceptors (Lipinski definition) is 3. The SMILES string of the molecule is CN1CCN(c2ccccc2)C(CC(=O)O)C1. The molecular weight excluding hydrogens is 216 g/mol. The number of carboxylic acids is 1. The van der Waals surface area contributed by atoms with E-state index in [-0.39, 0.29) is 12.5 Å². The molecule has 17 heavy (non-hydrogen) atoms. The molecule has 0 bridgehead atoms. The van der Waals surface area contributed by atoms with Crippen LogP contribution in [0.25, 0.3) is 0 Å². The summed E-state index contributed by atoms with van der Waals surface area (Å²) in [4.78, 5) is 15.3. The molecule has 1 unspecified atom stereocenters. The predicted molar refractivity (Wildman–Crippen MR) is 67.3 cm³/mol. The number of benzene rings is 1. The molecule has 1 aliphatic heterocycles. The summed E-state index contributed by atoms with van der Waals surface area (Å²) in [6.45, 7) is 2.67. The molecule has 92 valence electrons. The molecular formula is C13H18N2O2.